The summed E-state index contributed by atoms with van der Waals surface area (Å²) in [6, 6.07) is 13.3. The Morgan fingerprint density at radius 1 is 1.14 bits per heavy atom. The van der Waals surface area contributed by atoms with E-state index in [2.05, 4.69) is 9.88 Å². The van der Waals surface area contributed by atoms with Crippen LogP contribution in [-0.4, -0.2) is 48.9 Å². The summed E-state index contributed by atoms with van der Waals surface area (Å²) in [4.78, 5) is 34.1. The van der Waals surface area contributed by atoms with Crippen molar-refractivity contribution in [3.05, 3.63) is 83.4 Å². The highest BCUT2D eigenvalue weighted by Gasteiger charge is 2.36. The maximum atomic E-state index is 13.5. The molecular formula is C26H24FN3O4S. The van der Waals surface area contributed by atoms with E-state index in [4.69, 9.17) is 9.47 Å². The Bertz CT molecular complexity index is 1230. The number of morpholine rings is 1. The Hall–Kier alpha value is -3.43. The maximum Gasteiger partial charge on any atom is 0.345 e. The SMILES string of the molecule is Cc1cc(C(=O)Oc2cccnc2)c(N2CCOCC2)cc1N1C(=O)CSC1c1ccc(F)cc1. The lowest BCUT2D eigenvalue weighted by molar-refractivity contribution is -0.115. The number of aryl methyl sites for hydroxylation is 1. The summed E-state index contributed by atoms with van der Waals surface area (Å²) >= 11 is 1.50. The molecule has 2 aliphatic rings. The number of hydrogen-bond acceptors (Lipinski definition) is 7. The molecule has 0 bridgehead atoms. The van der Waals surface area contributed by atoms with Gasteiger partial charge in [-0.05, 0) is 54.4 Å². The van der Waals surface area contributed by atoms with E-state index in [1.165, 1.54) is 30.1 Å². The third-order valence-electron chi connectivity index (χ3n) is 6.01. The molecular weight excluding hydrogens is 469 g/mol. The number of thioether (sulfide) groups is 1. The lowest BCUT2D eigenvalue weighted by atomic mass is 10.0. The number of esters is 1. The van der Waals surface area contributed by atoms with Crippen LogP contribution in [0.2, 0.25) is 0 Å². The Morgan fingerprint density at radius 2 is 1.91 bits per heavy atom. The van der Waals surface area contributed by atoms with Gasteiger partial charge in [0.1, 0.15) is 16.9 Å². The van der Waals surface area contributed by atoms with Crippen molar-refractivity contribution in [2.75, 3.05) is 41.9 Å². The number of anilines is 2. The topological polar surface area (TPSA) is 72.0 Å². The Morgan fingerprint density at radius 3 is 2.63 bits per heavy atom. The van der Waals surface area contributed by atoms with Crippen LogP contribution in [-0.2, 0) is 9.53 Å². The van der Waals surface area contributed by atoms with E-state index >= 15 is 0 Å². The summed E-state index contributed by atoms with van der Waals surface area (Å²) in [5.41, 5.74) is 3.42. The second-order valence-corrected chi connectivity index (χ2v) is 9.38. The summed E-state index contributed by atoms with van der Waals surface area (Å²) in [6.45, 7) is 4.17. The van der Waals surface area contributed by atoms with Crippen LogP contribution >= 0.6 is 11.8 Å². The van der Waals surface area contributed by atoms with Gasteiger partial charge in [0.15, 0.2) is 0 Å². The molecule has 180 valence electrons. The van der Waals surface area contributed by atoms with Crippen LogP contribution in [0.15, 0.2) is 60.9 Å². The van der Waals surface area contributed by atoms with E-state index < -0.39 is 5.97 Å². The summed E-state index contributed by atoms with van der Waals surface area (Å²) in [5.74, 6) is -0.178. The number of hydrogen-bond donors (Lipinski definition) is 0. The van der Waals surface area contributed by atoms with Crippen molar-refractivity contribution in [3.8, 4) is 5.75 Å². The van der Waals surface area contributed by atoms with Crippen molar-refractivity contribution in [2.45, 2.75) is 12.3 Å². The van der Waals surface area contributed by atoms with Crippen molar-refractivity contribution in [1.29, 1.82) is 0 Å². The van der Waals surface area contributed by atoms with E-state index in [0.717, 1.165) is 11.1 Å². The highest BCUT2D eigenvalue weighted by molar-refractivity contribution is 8.00. The third kappa shape index (κ3) is 4.87. The Labute approximate surface area is 206 Å². The number of halogens is 1. The van der Waals surface area contributed by atoms with Gasteiger partial charge in [-0.25, -0.2) is 9.18 Å². The van der Waals surface area contributed by atoms with Gasteiger partial charge in [0.25, 0.3) is 0 Å². The van der Waals surface area contributed by atoms with Gasteiger partial charge in [-0.15, -0.1) is 11.8 Å². The molecule has 0 N–H and O–H groups in total. The van der Waals surface area contributed by atoms with E-state index in [0.29, 0.717) is 54.7 Å². The third-order valence-corrected chi connectivity index (χ3v) is 7.23. The van der Waals surface area contributed by atoms with Gasteiger partial charge in [0.2, 0.25) is 5.91 Å². The number of carbonyl (C=O) groups is 2. The molecule has 0 saturated carbocycles. The zero-order valence-corrected chi connectivity index (χ0v) is 20.0. The molecule has 2 saturated heterocycles. The number of benzene rings is 2. The van der Waals surface area contributed by atoms with Crippen molar-refractivity contribution in [1.82, 2.24) is 4.98 Å². The second kappa shape index (κ2) is 10.1. The Balaban J connectivity index is 1.55. The van der Waals surface area contributed by atoms with E-state index in [1.807, 2.05) is 13.0 Å². The minimum atomic E-state index is -0.494. The molecule has 5 rings (SSSR count). The van der Waals surface area contributed by atoms with Crippen LogP contribution in [0.1, 0.15) is 26.9 Å². The molecule has 2 aromatic carbocycles. The van der Waals surface area contributed by atoms with Gasteiger partial charge < -0.3 is 14.4 Å². The minimum absolute atomic E-state index is 0.0361. The first-order chi connectivity index (χ1) is 17.0. The standard InChI is InChI=1S/C26H24FN3O4S/c1-17-13-21(26(32)34-20-3-2-8-28-15-20)23(29-9-11-33-12-10-29)14-22(17)30-24(31)16-35-25(30)18-4-6-19(27)7-5-18/h2-8,13-15,25H,9-12,16H2,1H3. The van der Waals surface area contributed by atoms with Crippen molar-refractivity contribution < 1.29 is 23.5 Å². The molecule has 3 heterocycles. The molecule has 2 aliphatic heterocycles. The number of carbonyl (C=O) groups excluding carboxylic acids is 2. The monoisotopic (exact) mass is 493 g/mol. The molecule has 35 heavy (non-hydrogen) atoms. The zero-order valence-electron chi connectivity index (χ0n) is 19.1. The lowest BCUT2D eigenvalue weighted by Gasteiger charge is -2.33. The summed E-state index contributed by atoms with van der Waals surface area (Å²) < 4.78 is 24.6. The molecule has 0 radical (unpaired) electrons. The van der Waals surface area contributed by atoms with Crippen LogP contribution in [0, 0.1) is 12.7 Å². The fourth-order valence-corrected chi connectivity index (χ4v) is 5.47. The predicted octanol–water partition coefficient (Wildman–Crippen LogP) is 4.36. The largest absolute Gasteiger partial charge is 0.421 e. The fraction of sp³-hybridized carbons (Fsp3) is 0.269. The highest BCUT2D eigenvalue weighted by atomic mass is 32.2. The number of pyridine rings is 1. The first-order valence-electron chi connectivity index (χ1n) is 11.3. The van der Waals surface area contributed by atoms with Crippen LogP contribution in [0.4, 0.5) is 15.8 Å². The molecule has 7 nitrogen and oxygen atoms in total. The summed E-state index contributed by atoms with van der Waals surface area (Å²) in [5, 5.41) is -0.285. The molecule has 3 aromatic rings. The number of amides is 1. The Kier molecular flexibility index (Phi) is 6.70. The van der Waals surface area contributed by atoms with Gasteiger partial charge >= 0.3 is 5.97 Å². The predicted molar refractivity (Wildman–Crippen MR) is 132 cm³/mol. The number of ether oxygens (including phenoxy) is 2. The average Bonchev–Trinajstić information content (AvgIpc) is 3.26. The number of aromatic nitrogens is 1. The molecule has 1 amide bonds. The smallest absolute Gasteiger partial charge is 0.345 e. The molecule has 1 unspecified atom stereocenters. The number of nitrogens with zero attached hydrogens (tertiary/aromatic N) is 3. The lowest BCUT2D eigenvalue weighted by Crippen LogP contribution is -2.38. The molecule has 1 aromatic heterocycles. The minimum Gasteiger partial charge on any atom is -0.421 e. The maximum absolute atomic E-state index is 13.5. The van der Waals surface area contributed by atoms with Gasteiger partial charge in [0.05, 0.1) is 42.1 Å². The van der Waals surface area contributed by atoms with Crippen LogP contribution in [0.5, 0.6) is 5.75 Å². The van der Waals surface area contributed by atoms with Gasteiger partial charge in [-0.1, -0.05) is 12.1 Å². The number of rotatable bonds is 5. The molecule has 9 heteroatoms. The molecule has 1 atom stereocenters. The molecule has 0 aliphatic carbocycles. The highest BCUT2D eigenvalue weighted by Crippen LogP contribution is 2.44. The van der Waals surface area contributed by atoms with Crippen molar-refractivity contribution >= 4 is 35.0 Å². The van der Waals surface area contributed by atoms with Crippen LogP contribution < -0.4 is 14.5 Å². The van der Waals surface area contributed by atoms with Crippen LogP contribution in [0.25, 0.3) is 0 Å². The van der Waals surface area contributed by atoms with Gasteiger partial charge in [-0.2, -0.15) is 0 Å². The van der Waals surface area contributed by atoms with E-state index in [9.17, 15) is 14.0 Å². The van der Waals surface area contributed by atoms with Gasteiger partial charge in [0, 0.05) is 19.3 Å². The first kappa shape index (κ1) is 23.3. The second-order valence-electron chi connectivity index (χ2n) is 8.31. The molecule has 0 spiro atoms. The van der Waals surface area contributed by atoms with Crippen molar-refractivity contribution in [2.24, 2.45) is 0 Å². The molecule has 2 fully saturated rings. The zero-order chi connectivity index (χ0) is 24.4. The quantitative estimate of drug-likeness (QED) is 0.489. The van der Waals surface area contributed by atoms with E-state index in [-0.39, 0.29) is 17.1 Å². The summed E-state index contributed by atoms with van der Waals surface area (Å²) in [7, 11) is 0. The van der Waals surface area contributed by atoms with Crippen molar-refractivity contribution in [3.63, 3.8) is 0 Å². The summed E-state index contributed by atoms with van der Waals surface area (Å²) in [6.07, 6.45) is 3.10. The van der Waals surface area contributed by atoms with Gasteiger partial charge in [-0.3, -0.25) is 14.7 Å². The normalized spacial score (nSPS) is 18.1. The average molecular weight is 494 g/mol. The van der Waals surface area contributed by atoms with Crippen LogP contribution in [0.3, 0.4) is 0 Å². The first-order valence-corrected chi connectivity index (χ1v) is 12.3. The fourth-order valence-electron chi connectivity index (χ4n) is 4.30. The van der Waals surface area contributed by atoms with E-state index in [1.54, 1.807) is 41.4 Å².